The summed E-state index contributed by atoms with van der Waals surface area (Å²) in [5.41, 5.74) is 7.53. The van der Waals surface area contributed by atoms with Gasteiger partial charge in [0.05, 0.1) is 16.6 Å². The molecule has 2 heterocycles. The molecule has 0 aromatic carbocycles. The molecule has 0 saturated heterocycles. The number of nitrogens with two attached hydrogens (primary N) is 1. The maximum absolute atomic E-state index is 11.4. The first-order valence-corrected chi connectivity index (χ1v) is 7.49. The number of primary amides is 1. The van der Waals surface area contributed by atoms with E-state index in [4.69, 9.17) is 17.3 Å². The van der Waals surface area contributed by atoms with Crippen LogP contribution in [-0.2, 0) is 23.8 Å². The van der Waals surface area contributed by atoms with Crippen molar-refractivity contribution < 1.29 is 4.79 Å². The Morgan fingerprint density at radius 3 is 2.57 bits per heavy atom. The summed E-state index contributed by atoms with van der Waals surface area (Å²) in [6.07, 6.45) is 1.00. The Hall–Kier alpha value is -1.56. The number of carbonyl (C=O) groups excluding carboxylic acids is 1. The number of hydrogen-bond acceptors (Lipinski definition) is 3. The molecule has 1 atom stereocenters. The fourth-order valence-electron chi connectivity index (χ4n) is 2.80. The standard InChI is InChI=1S/C14H22ClN5O/c1-6-9-11-13(19(5)18-9)20(12(17-11)8(2)15)14(3,4)7-10(16)21/h8H,6-7H2,1-5H3,(H2,16,21). The molecule has 2 aromatic heterocycles. The molecule has 0 aliphatic rings. The molecule has 0 aliphatic carbocycles. The van der Waals surface area contributed by atoms with Gasteiger partial charge in [-0.1, -0.05) is 6.92 Å². The SMILES string of the molecule is CCc1nn(C)c2c1nc(C(C)Cl)n2C(C)(C)CC(N)=O. The van der Waals surface area contributed by atoms with Crippen LogP contribution in [0.4, 0.5) is 0 Å². The van der Waals surface area contributed by atoms with E-state index < -0.39 is 5.54 Å². The number of aryl methyl sites for hydroxylation is 2. The zero-order valence-electron chi connectivity index (χ0n) is 13.1. The maximum Gasteiger partial charge on any atom is 0.219 e. The predicted octanol–water partition coefficient (Wildman–Crippen LogP) is 2.24. The van der Waals surface area contributed by atoms with Gasteiger partial charge in [0, 0.05) is 13.5 Å². The zero-order valence-corrected chi connectivity index (χ0v) is 13.9. The van der Waals surface area contributed by atoms with Crippen LogP contribution in [0.5, 0.6) is 0 Å². The van der Waals surface area contributed by atoms with E-state index >= 15 is 0 Å². The monoisotopic (exact) mass is 311 g/mol. The maximum atomic E-state index is 11.4. The quantitative estimate of drug-likeness (QED) is 0.860. The van der Waals surface area contributed by atoms with Crippen LogP contribution in [0, 0.1) is 0 Å². The molecular formula is C14H22ClN5O. The van der Waals surface area contributed by atoms with Gasteiger partial charge in [0.15, 0.2) is 5.65 Å². The minimum absolute atomic E-state index is 0.210. The van der Waals surface area contributed by atoms with E-state index in [1.165, 1.54) is 0 Å². The fourth-order valence-corrected chi connectivity index (χ4v) is 2.95. The van der Waals surface area contributed by atoms with Crippen LogP contribution >= 0.6 is 11.6 Å². The number of halogens is 1. The first-order valence-electron chi connectivity index (χ1n) is 7.06. The lowest BCUT2D eigenvalue weighted by molar-refractivity contribution is -0.119. The highest BCUT2D eigenvalue weighted by Crippen LogP contribution is 2.33. The first-order chi connectivity index (χ1) is 9.69. The highest BCUT2D eigenvalue weighted by molar-refractivity contribution is 6.20. The Labute approximate surface area is 129 Å². The summed E-state index contributed by atoms with van der Waals surface area (Å²) in [6, 6.07) is 0. The van der Waals surface area contributed by atoms with Crippen molar-refractivity contribution in [3.63, 3.8) is 0 Å². The molecule has 0 spiro atoms. The summed E-state index contributed by atoms with van der Waals surface area (Å²) in [5, 5.41) is 4.23. The number of aromatic nitrogens is 4. The van der Waals surface area contributed by atoms with Crippen molar-refractivity contribution in [1.82, 2.24) is 19.3 Å². The summed E-state index contributed by atoms with van der Waals surface area (Å²) in [7, 11) is 1.88. The van der Waals surface area contributed by atoms with Gasteiger partial charge >= 0.3 is 0 Å². The van der Waals surface area contributed by atoms with Crippen LogP contribution in [-0.4, -0.2) is 25.2 Å². The molecule has 116 valence electrons. The van der Waals surface area contributed by atoms with Crippen molar-refractivity contribution in [2.75, 3.05) is 0 Å². The molecule has 2 rings (SSSR count). The zero-order chi connectivity index (χ0) is 15.9. The van der Waals surface area contributed by atoms with Crippen molar-refractivity contribution in [2.24, 2.45) is 12.8 Å². The molecule has 0 radical (unpaired) electrons. The van der Waals surface area contributed by atoms with Crippen LogP contribution in [0.2, 0.25) is 0 Å². The highest BCUT2D eigenvalue weighted by Gasteiger charge is 2.32. The normalized spacial score (nSPS) is 13.8. The molecule has 0 aliphatic heterocycles. The molecule has 2 aromatic rings. The third kappa shape index (κ3) is 2.64. The second kappa shape index (κ2) is 5.33. The number of fused-ring (bicyclic) bond motifs is 1. The minimum atomic E-state index is -0.516. The topological polar surface area (TPSA) is 78.7 Å². The summed E-state index contributed by atoms with van der Waals surface area (Å²) in [5.74, 6) is 0.383. The molecule has 21 heavy (non-hydrogen) atoms. The number of carbonyl (C=O) groups is 1. The third-order valence-corrected chi connectivity index (χ3v) is 3.83. The predicted molar refractivity (Wildman–Crippen MR) is 83.3 cm³/mol. The van der Waals surface area contributed by atoms with Gasteiger partial charge in [0.25, 0.3) is 0 Å². The van der Waals surface area contributed by atoms with Crippen molar-refractivity contribution in [2.45, 2.75) is 51.5 Å². The van der Waals surface area contributed by atoms with E-state index in [0.717, 1.165) is 29.1 Å². The lowest BCUT2D eigenvalue weighted by Crippen LogP contribution is -2.34. The van der Waals surface area contributed by atoms with Gasteiger partial charge in [0.1, 0.15) is 11.3 Å². The molecule has 1 unspecified atom stereocenters. The lowest BCUT2D eigenvalue weighted by atomic mass is 9.99. The third-order valence-electron chi connectivity index (χ3n) is 3.63. The second-order valence-corrected chi connectivity index (χ2v) is 6.63. The molecule has 0 fully saturated rings. The van der Waals surface area contributed by atoms with E-state index in [-0.39, 0.29) is 17.7 Å². The Balaban J connectivity index is 2.78. The summed E-state index contributed by atoms with van der Waals surface area (Å²) in [6.45, 7) is 7.83. The fraction of sp³-hybridized carbons (Fsp3) is 0.643. The van der Waals surface area contributed by atoms with Crippen LogP contribution in [0.25, 0.3) is 11.2 Å². The van der Waals surface area contributed by atoms with E-state index in [1.54, 1.807) is 4.68 Å². The average Bonchev–Trinajstić information content (AvgIpc) is 2.86. The molecule has 0 saturated carbocycles. The Morgan fingerprint density at radius 1 is 1.48 bits per heavy atom. The Kier molecular flexibility index (Phi) is 4.02. The molecule has 6 nitrogen and oxygen atoms in total. The molecular weight excluding hydrogens is 290 g/mol. The van der Waals surface area contributed by atoms with Gasteiger partial charge in [-0.05, 0) is 27.2 Å². The van der Waals surface area contributed by atoms with Gasteiger partial charge in [-0.25, -0.2) is 4.98 Å². The number of alkyl halides is 1. The smallest absolute Gasteiger partial charge is 0.219 e. The molecule has 2 N–H and O–H groups in total. The van der Waals surface area contributed by atoms with E-state index in [9.17, 15) is 4.79 Å². The lowest BCUT2D eigenvalue weighted by Gasteiger charge is -2.28. The number of hydrogen-bond donors (Lipinski definition) is 1. The second-order valence-electron chi connectivity index (χ2n) is 5.97. The van der Waals surface area contributed by atoms with Crippen molar-refractivity contribution in [1.29, 1.82) is 0 Å². The van der Waals surface area contributed by atoms with Gasteiger partial charge in [-0.2, -0.15) is 5.10 Å². The summed E-state index contributed by atoms with van der Waals surface area (Å²) >= 11 is 6.30. The molecule has 7 heteroatoms. The largest absolute Gasteiger partial charge is 0.370 e. The summed E-state index contributed by atoms with van der Waals surface area (Å²) in [4.78, 5) is 16.1. The molecule has 1 amide bonds. The van der Waals surface area contributed by atoms with E-state index in [2.05, 4.69) is 10.1 Å². The summed E-state index contributed by atoms with van der Waals surface area (Å²) < 4.78 is 3.80. The minimum Gasteiger partial charge on any atom is -0.370 e. The number of amides is 1. The first kappa shape index (κ1) is 15.8. The number of nitrogens with zero attached hydrogens (tertiary/aromatic N) is 4. The molecule has 0 bridgehead atoms. The van der Waals surface area contributed by atoms with Crippen molar-refractivity contribution in [3.8, 4) is 0 Å². The van der Waals surface area contributed by atoms with Crippen molar-refractivity contribution in [3.05, 3.63) is 11.5 Å². The number of imidazole rings is 1. The Morgan fingerprint density at radius 2 is 2.10 bits per heavy atom. The van der Waals surface area contributed by atoms with Gasteiger partial charge in [-0.3, -0.25) is 9.48 Å². The highest BCUT2D eigenvalue weighted by atomic mass is 35.5. The average molecular weight is 312 g/mol. The van der Waals surface area contributed by atoms with Gasteiger partial charge in [-0.15, -0.1) is 11.6 Å². The van der Waals surface area contributed by atoms with Crippen LogP contribution in [0.3, 0.4) is 0 Å². The van der Waals surface area contributed by atoms with Crippen LogP contribution in [0.1, 0.15) is 51.0 Å². The van der Waals surface area contributed by atoms with Gasteiger partial charge in [0.2, 0.25) is 5.91 Å². The van der Waals surface area contributed by atoms with Crippen LogP contribution in [0.15, 0.2) is 0 Å². The van der Waals surface area contributed by atoms with Crippen molar-refractivity contribution >= 4 is 28.7 Å². The van der Waals surface area contributed by atoms with E-state index in [0.29, 0.717) is 0 Å². The van der Waals surface area contributed by atoms with Crippen LogP contribution < -0.4 is 5.73 Å². The van der Waals surface area contributed by atoms with Gasteiger partial charge < -0.3 is 10.3 Å². The Bertz CT molecular complexity index is 683. The number of rotatable bonds is 5. The van der Waals surface area contributed by atoms with E-state index in [1.807, 2.05) is 39.3 Å².